The Morgan fingerprint density at radius 1 is 1.32 bits per heavy atom. The lowest BCUT2D eigenvalue weighted by atomic mass is 10.00. The van der Waals surface area contributed by atoms with E-state index < -0.39 is 0 Å². The molecule has 4 nitrogen and oxygen atoms in total. The van der Waals surface area contributed by atoms with Gasteiger partial charge >= 0.3 is 0 Å². The van der Waals surface area contributed by atoms with Crippen LogP contribution < -0.4 is 15.8 Å². The summed E-state index contributed by atoms with van der Waals surface area (Å²) >= 11 is 0. The van der Waals surface area contributed by atoms with Crippen molar-refractivity contribution in [3.8, 4) is 5.75 Å². The SMILES string of the molecule is CCCOc1ccc(NC(=O)CCC(C)(C)N)cc1. The highest BCUT2D eigenvalue weighted by Crippen LogP contribution is 2.16. The van der Waals surface area contributed by atoms with Gasteiger partial charge in [0.1, 0.15) is 5.75 Å². The predicted molar refractivity (Wildman–Crippen MR) is 78.4 cm³/mol. The average molecular weight is 264 g/mol. The van der Waals surface area contributed by atoms with Crippen LogP contribution in [0.2, 0.25) is 0 Å². The first-order valence-electron chi connectivity index (χ1n) is 6.72. The molecular weight excluding hydrogens is 240 g/mol. The van der Waals surface area contributed by atoms with Gasteiger partial charge in [-0.2, -0.15) is 0 Å². The minimum atomic E-state index is -0.310. The Hall–Kier alpha value is -1.55. The summed E-state index contributed by atoms with van der Waals surface area (Å²) in [6.07, 6.45) is 2.07. The third-order valence-corrected chi connectivity index (χ3v) is 2.61. The highest BCUT2D eigenvalue weighted by atomic mass is 16.5. The van der Waals surface area contributed by atoms with E-state index in [1.54, 1.807) is 0 Å². The van der Waals surface area contributed by atoms with Crippen molar-refractivity contribution in [3.05, 3.63) is 24.3 Å². The molecule has 1 rings (SSSR count). The summed E-state index contributed by atoms with van der Waals surface area (Å²) in [5, 5.41) is 2.85. The van der Waals surface area contributed by atoms with Crippen molar-refractivity contribution in [2.24, 2.45) is 5.73 Å². The Morgan fingerprint density at radius 2 is 1.95 bits per heavy atom. The number of nitrogens with one attached hydrogen (secondary N) is 1. The lowest BCUT2D eigenvalue weighted by Gasteiger charge is -2.17. The number of amides is 1. The number of carbonyl (C=O) groups excluding carboxylic acids is 1. The predicted octanol–water partition coefficient (Wildman–Crippen LogP) is 2.93. The molecule has 0 unspecified atom stereocenters. The topological polar surface area (TPSA) is 64.3 Å². The molecule has 1 amide bonds. The van der Waals surface area contributed by atoms with Gasteiger partial charge in [0.05, 0.1) is 6.61 Å². The minimum absolute atomic E-state index is 0.0132. The number of rotatable bonds is 7. The van der Waals surface area contributed by atoms with Crippen molar-refractivity contribution in [2.75, 3.05) is 11.9 Å². The van der Waals surface area contributed by atoms with Crippen molar-refractivity contribution < 1.29 is 9.53 Å². The standard InChI is InChI=1S/C15H24N2O2/c1-4-11-19-13-7-5-12(6-8-13)17-14(18)9-10-15(2,3)16/h5-8H,4,9-11,16H2,1-3H3,(H,17,18). The number of carbonyl (C=O) groups is 1. The molecule has 1 aromatic rings. The van der Waals surface area contributed by atoms with Gasteiger partial charge in [0.2, 0.25) is 5.91 Å². The van der Waals surface area contributed by atoms with Crippen molar-refractivity contribution in [1.29, 1.82) is 0 Å². The zero-order valence-corrected chi connectivity index (χ0v) is 12.0. The Labute approximate surface area is 115 Å². The molecule has 0 saturated carbocycles. The van der Waals surface area contributed by atoms with Crippen LogP contribution in [0.4, 0.5) is 5.69 Å². The van der Waals surface area contributed by atoms with Gasteiger partial charge in [0.15, 0.2) is 0 Å². The normalized spacial score (nSPS) is 11.2. The van der Waals surface area contributed by atoms with E-state index in [0.717, 1.165) is 17.9 Å². The first kappa shape index (κ1) is 15.5. The molecule has 4 heteroatoms. The van der Waals surface area contributed by atoms with E-state index in [1.807, 2.05) is 38.1 Å². The first-order chi connectivity index (χ1) is 8.90. The highest BCUT2D eigenvalue weighted by Gasteiger charge is 2.13. The number of benzene rings is 1. The van der Waals surface area contributed by atoms with Gasteiger partial charge in [-0.15, -0.1) is 0 Å². The smallest absolute Gasteiger partial charge is 0.224 e. The van der Waals surface area contributed by atoms with E-state index in [9.17, 15) is 4.79 Å². The summed E-state index contributed by atoms with van der Waals surface area (Å²) in [6, 6.07) is 7.41. The van der Waals surface area contributed by atoms with Gasteiger partial charge in [0.25, 0.3) is 0 Å². The number of hydrogen-bond acceptors (Lipinski definition) is 3. The zero-order valence-electron chi connectivity index (χ0n) is 12.0. The third kappa shape index (κ3) is 6.82. The molecule has 0 aromatic heterocycles. The van der Waals surface area contributed by atoms with Crippen LogP contribution in [0.3, 0.4) is 0 Å². The molecule has 0 aliphatic heterocycles. The van der Waals surface area contributed by atoms with Gasteiger partial charge in [-0.25, -0.2) is 0 Å². The molecule has 0 atom stereocenters. The van der Waals surface area contributed by atoms with E-state index >= 15 is 0 Å². The largest absolute Gasteiger partial charge is 0.494 e. The summed E-state index contributed by atoms with van der Waals surface area (Å²) in [4.78, 5) is 11.7. The van der Waals surface area contributed by atoms with Crippen LogP contribution in [0.1, 0.15) is 40.0 Å². The molecule has 0 saturated heterocycles. The van der Waals surface area contributed by atoms with Crippen LogP contribution >= 0.6 is 0 Å². The van der Waals surface area contributed by atoms with Crippen LogP contribution in [0.5, 0.6) is 5.75 Å². The van der Waals surface area contributed by atoms with Gasteiger partial charge in [-0.05, 0) is 51.0 Å². The van der Waals surface area contributed by atoms with E-state index in [4.69, 9.17) is 10.5 Å². The molecule has 0 aliphatic rings. The summed E-state index contributed by atoms with van der Waals surface area (Å²) in [5.74, 6) is 0.809. The van der Waals surface area contributed by atoms with Crippen molar-refractivity contribution in [2.45, 2.75) is 45.6 Å². The third-order valence-electron chi connectivity index (χ3n) is 2.61. The first-order valence-corrected chi connectivity index (χ1v) is 6.72. The summed E-state index contributed by atoms with van der Waals surface area (Å²) in [7, 11) is 0. The van der Waals surface area contributed by atoms with E-state index in [-0.39, 0.29) is 11.4 Å². The van der Waals surface area contributed by atoms with Crippen LogP contribution in [-0.4, -0.2) is 18.1 Å². The Morgan fingerprint density at radius 3 is 2.47 bits per heavy atom. The number of hydrogen-bond donors (Lipinski definition) is 2. The monoisotopic (exact) mass is 264 g/mol. The van der Waals surface area contributed by atoms with Gasteiger partial charge in [0, 0.05) is 17.6 Å². The van der Waals surface area contributed by atoms with E-state index in [2.05, 4.69) is 12.2 Å². The molecule has 106 valence electrons. The molecule has 1 aromatic carbocycles. The second-order valence-corrected chi connectivity index (χ2v) is 5.41. The van der Waals surface area contributed by atoms with Gasteiger partial charge in [-0.3, -0.25) is 4.79 Å². The quantitative estimate of drug-likeness (QED) is 0.796. The molecule has 0 heterocycles. The number of ether oxygens (including phenoxy) is 1. The molecule has 0 bridgehead atoms. The van der Waals surface area contributed by atoms with Crippen molar-refractivity contribution in [3.63, 3.8) is 0 Å². The summed E-state index contributed by atoms with van der Waals surface area (Å²) < 4.78 is 5.48. The van der Waals surface area contributed by atoms with E-state index in [1.165, 1.54) is 0 Å². The second kappa shape index (κ2) is 7.14. The lowest BCUT2D eigenvalue weighted by molar-refractivity contribution is -0.116. The maximum atomic E-state index is 11.7. The number of anilines is 1. The molecule has 0 fully saturated rings. The fourth-order valence-electron chi connectivity index (χ4n) is 1.51. The lowest BCUT2D eigenvalue weighted by Crippen LogP contribution is -2.33. The van der Waals surface area contributed by atoms with Crippen LogP contribution in [0.15, 0.2) is 24.3 Å². The van der Waals surface area contributed by atoms with Crippen molar-refractivity contribution in [1.82, 2.24) is 0 Å². The van der Waals surface area contributed by atoms with Gasteiger partial charge in [-0.1, -0.05) is 6.92 Å². The molecule has 19 heavy (non-hydrogen) atoms. The Balaban J connectivity index is 2.42. The van der Waals surface area contributed by atoms with Crippen LogP contribution in [0.25, 0.3) is 0 Å². The molecule has 0 radical (unpaired) electrons. The minimum Gasteiger partial charge on any atom is -0.494 e. The average Bonchev–Trinajstić information content (AvgIpc) is 2.35. The van der Waals surface area contributed by atoms with Crippen LogP contribution in [-0.2, 0) is 4.79 Å². The molecule has 3 N–H and O–H groups in total. The fourth-order valence-corrected chi connectivity index (χ4v) is 1.51. The van der Waals surface area contributed by atoms with Gasteiger partial charge < -0.3 is 15.8 Å². The maximum Gasteiger partial charge on any atom is 0.224 e. The maximum absolute atomic E-state index is 11.7. The zero-order chi connectivity index (χ0) is 14.3. The Kier molecular flexibility index (Phi) is 5.83. The van der Waals surface area contributed by atoms with Crippen molar-refractivity contribution >= 4 is 11.6 Å². The highest BCUT2D eigenvalue weighted by molar-refractivity contribution is 5.90. The molecule has 0 spiro atoms. The second-order valence-electron chi connectivity index (χ2n) is 5.41. The summed E-state index contributed by atoms with van der Waals surface area (Å²) in [6.45, 7) is 6.60. The van der Waals surface area contributed by atoms with E-state index in [0.29, 0.717) is 19.4 Å². The summed E-state index contributed by atoms with van der Waals surface area (Å²) in [5.41, 5.74) is 6.32. The number of nitrogens with two attached hydrogens (primary N) is 1. The van der Waals surface area contributed by atoms with Crippen LogP contribution in [0, 0.1) is 0 Å². The molecule has 0 aliphatic carbocycles. The fraction of sp³-hybridized carbons (Fsp3) is 0.533. The molecular formula is C15H24N2O2. The Bertz CT molecular complexity index is 394.